The number of benzene rings is 2. The highest BCUT2D eigenvalue weighted by atomic mass is 79.9. The van der Waals surface area contributed by atoms with Crippen molar-refractivity contribution >= 4 is 27.5 Å². The number of rotatable bonds is 3. The van der Waals surface area contributed by atoms with Crippen LogP contribution < -0.4 is 5.32 Å². The smallest absolute Gasteiger partial charge is 0.416 e. The Morgan fingerprint density at radius 2 is 1.76 bits per heavy atom. The van der Waals surface area contributed by atoms with E-state index >= 15 is 0 Å². The van der Waals surface area contributed by atoms with Crippen molar-refractivity contribution in [3.63, 3.8) is 0 Å². The van der Waals surface area contributed by atoms with Gasteiger partial charge in [-0.3, -0.25) is 4.79 Å². The van der Waals surface area contributed by atoms with Crippen molar-refractivity contribution < 1.29 is 22.4 Å². The van der Waals surface area contributed by atoms with Crippen molar-refractivity contribution in [2.45, 2.75) is 6.18 Å². The van der Waals surface area contributed by atoms with E-state index in [9.17, 15) is 18.0 Å². The maximum atomic E-state index is 12.8. The molecule has 2 aromatic carbocycles. The van der Waals surface area contributed by atoms with Gasteiger partial charge in [-0.05, 0) is 52.3 Å². The van der Waals surface area contributed by atoms with Crippen LogP contribution in [0.25, 0.3) is 11.3 Å². The van der Waals surface area contributed by atoms with Crippen LogP contribution in [0.3, 0.4) is 0 Å². The van der Waals surface area contributed by atoms with Crippen LogP contribution in [0.4, 0.5) is 18.9 Å². The minimum absolute atomic E-state index is 0.00293. The summed E-state index contributed by atoms with van der Waals surface area (Å²) in [5.74, 6) is -0.309. The van der Waals surface area contributed by atoms with Gasteiger partial charge in [-0.25, -0.2) is 0 Å². The van der Waals surface area contributed by atoms with Crippen molar-refractivity contribution in [3.8, 4) is 11.3 Å². The molecule has 0 radical (unpaired) electrons. The zero-order valence-corrected chi connectivity index (χ0v) is 14.2. The highest BCUT2D eigenvalue weighted by Gasteiger charge is 2.30. The number of carbonyl (C=O) groups is 1. The highest BCUT2D eigenvalue weighted by Crippen LogP contribution is 2.32. The molecule has 0 bridgehead atoms. The fourth-order valence-corrected chi connectivity index (χ4v) is 2.59. The standard InChI is InChI=1S/C18H11BrF3NO2/c19-13-6-1-2-7-14(13)23-17(24)16-9-8-15(25-16)11-4-3-5-12(10-11)18(20,21)22/h1-10H,(H,23,24). The molecule has 0 saturated heterocycles. The largest absolute Gasteiger partial charge is 0.451 e. The monoisotopic (exact) mass is 409 g/mol. The Balaban J connectivity index is 1.83. The average molecular weight is 410 g/mol. The van der Waals surface area contributed by atoms with Crippen LogP contribution in [-0.4, -0.2) is 5.91 Å². The molecule has 3 rings (SSSR count). The average Bonchev–Trinajstić information content (AvgIpc) is 3.06. The molecule has 0 fully saturated rings. The second-order valence-corrected chi connectivity index (χ2v) is 6.03. The summed E-state index contributed by atoms with van der Waals surface area (Å²) in [6, 6.07) is 14.7. The van der Waals surface area contributed by atoms with Gasteiger partial charge in [-0.2, -0.15) is 13.2 Å². The molecule has 1 amide bonds. The molecule has 0 spiro atoms. The van der Waals surface area contributed by atoms with Crippen LogP contribution >= 0.6 is 15.9 Å². The van der Waals surface area contributed by atoms with E-state index in [1.807, 2.05) is 0 Å². The van der Waals surface area contributed by atoms with Crippen molar-refractivity contribution in [2.24, 2.45) is 0 Å². The third-order valence-electron chi connectivity index (χ3n) is 3.43. The van der Waals surface area contributed by atoms with Gasteiger partial charge in [0.05, 0.1) is 11.3 Å². The van der Waals surface area contributed by atoms with Gasteiger partial charge in [-0.1, -0.05) is 24.3 Å². The Morgan fingerprint density at radius 1 is 1.00 bits per heavy atom. The van der Waals surface area contributed by atoms with Crippen LogP contribution in [0.15, 0.2) is 69.6 Å². The minimum Gasteiger partial charge on any atom is -0.451 e. The molecule has 0 aliphatic rings. The van der Waals surface area contributed by atoms with Gasteiger partial charge in [0.25, 0.3) is 5.91 Å². The lowest BCUT2D eigenvalue weighted by Gasteiger charge is -2.07. The summed E-state index contributed by atoms with van der Waals surface area (Å²) in [7, 11) is 0. The van der Waals surface area contributed by atoms with Crippen LogP contribution in [-0.2, 0) is 6.18 Å². The first kappa shape index (κ1) is 17.3. The van der Waals surface area contributed by atoms with E-state index in [1.165, 1.54) is 24.3 Å². The molecule has 1 heterocycles. The predicted octanol–water partition coefficient (Wildman–Crippen LogP) is 5.98. The maximum Gasteiger partial charge on any atom is 0.416 e. The van der Waals surface area contributed by atoms with Crippen molar-refractivity contribution in [1.29, 1.82) is 0 Å². The van der Waals surface area contributed by atoms with E-state index in [0.29, 0.717) is 10.2 Å². The normalized spacial score (nSPS) is 11.4. The molecule has 128 valence electrons. The summed E-state index contributed by atoms with van der Waals surface area (Å²) >= 11 is 3.31. The molecule has 3 nitrogen and oxygen atoms in total. The zero-order chi connectivity index (χ0) is 18.0. The Morgan fingerprint density at radius 3 is 2.48 bits per heavy atom. The molecular formula is C18H11BrF3NO2. The molecule has 1 aromatic heterocycles. The summed E-state index contributed by atoms with van der Waals surface area (Å²) in [6.45, 7) is 0. The molecule has 1 N–H and O–H groups in total. The van der Waals surface area contributed by atoms with Crippen molar-refractivity contribution in [2.75, 3.05) is 5.32 Å². The molecule has 0 unspecified atom stereocenters. The molecule has 0 aliphatic carbocycles. The zero-order valence-electron chi connectivity index (χ0n) is 12.6. The van der Waals surface area contributed by atoms with Gasteiger partial charge in [0, 0.05) is 10.0 Å². The van der Waals surface area contributed by atoms with E-state index in [2.05, 4.69) is 21.2 Å². The number of amides is 1. The Labute approximate surface area is 149 Å². The minimum atomic E-state index is -4.44. The number of halogens is 4. The molecular weight excluding hydrogens is 399 g/mol. The maximum absolute atomic E-state index is 12.8. The lowest BCUT2D eigenvalue weighted by atomic mass is 10.1. The Kier molecular flexibility index (Phi) is 4.67. The second-order valence-electron chi connectivity index (χ2n) is 5.18. The first-order valence-electron chi connectivity index (χ1n) is 7.18. The fourth-order valence-electron chi connectivity index (χ4n) is 2.21. The summed E-state index contributed by atoms with van der Waals surface area (Å²) in [5.41, 5.74) is 0.0277. The van der Waals surface area contributed by atoms with Gasteiger partial charge in [0.1, 0.15) is 5.76 Å². The predicted molar refractivity (Wildman–Crippen MR) is 91.2 cm³/mol. The van der Waals surface area contributed by atoms with E-state index in [1.54, 1.807) is 24.3 Å². The fraction of sp³-hybridized carbons (Fsp3) is 0.0556. The number of anilines is 1. The number of furan rings is 1. The lowest BCUT2D eigenvalue weighted by Crippen LogP contribution is -2.11. The molecule has 7 heteroatoms. The van der Waals surface area contributed by atoms with Gasteiger partial charge in [0.2, 0.25) is 0 Å². The molecule has 0 atom stereocenters. The molecule has 0 saturated carbocycles. The second kappa shape index (κ2) is 6.76. The molecule has 3 aromatic rings. The Hall–Kier alpha value is -2.54. The highest BCUT2D eigenvalue weighted by molar-refractivity contribution is 9.10. The topological polar surface area (TPSA) is 42.2 Å². The quantitative estimate of drug-likeness (QED) is 0.577. The van der Waals surface area contributed by atoms with Gasteiger partial charge in [0.15, 0.2) is 5.76 Å². The van der Waals surface area contributed by atoms with Crippen molar-refractivity contribution in [3.05, 3.63) is 76.5 Å². The van der Waals surface area contributed by atoms with Crippen LogP contribution in [0.5, 0.6) is 0 Å². The van der Waals surface area contributed by atoms with Crippen molar-refractivity contribution in [1.82, 2.24) is 0 Å². The molecule has 25 heavy (non-hydrogen) atoms. The number of hydrogen-bond acceptors (Lipinski definition) is 2. The van der Waals surface area contributed by atoms with E-state index in [4.69, 9.17) is 4.42 Å². The number of hydrogen-bond donors (Lipinski definition) is 1. The summed E-state index contributed by atoms with van der Waals surface area (Å²) < 4.78 is 44.5. The number of para-hydroxylation sites is 1. The first-order valence-corrected chi connectivity index (χ1v) is 7.97. The summed E-state index contributed by atoms with van der Waals surface area (Å²) in [4.78, 5) is 12.2. The number of nitrogens with one attached hydrogen (secondary N) is 1. The van der Waals surface area contributed by atoms with E-state index in [-0.39, 0.29) is 17.1 Å². The van der Waals surface area contributed by atoms with Crippen LogP contribution in [0.2, 0.25) is 0 Å². The van der Waals surface area contributed by atoms with Crippen LogP contribution in [0, 0.1) is 0 Å². The van der Waals surface area contributed by atoms with E-state index in [0.717, 1.165) is 12.1 Å². The van der Waals surface area contributed by atoms with E-state index < -0.39 is 17.6 Å². The third-order valence-corrected chi connectivity index (χ3v) is 4.12. The van der Waals surface area contributed by atoms with Crippen LogP contribution in [0.1, 0.15) is 16.1 Å². The first-order chi connectivity index (χ1) is 11.8. The van der Waals surface area contributed by atoms with Gasteiger partial charge >= 0.3 is 6.18 Å². The third kappa shape index (κ3) is 3.93. The molecule has 0 aliphatic heterocycles. The van der Waals surface area contributed by atoms with Gasteiger partial charge < -0.3 is 9.73 Å². The number of alkyl halides is 3. The number of carbonyl (C=O) groups excluding carboxylic acids is 1. The summed E-state index contributed by atoms with van der Waals surface area (Å²) in [5, 5.41) is 2.67. The Bertz CT molecular complexity index is 918. The lowest BCUT2D eigenvalue weighted by molar-refractivity contribution is -0.137. The summed E-state index contributed by atoms with van der Waals surface area (Å²) in [6.07, 6.45) is -4.44. The SMILES string of the molecule is O=C(Nc1ccccc1Br)c1ccc(-c2cccc(C(F)(F)F)c2)o1. The van der Waals surface area contributed by atoms with Gasteiger partial charge in [-0.15, -0.1) is 0 Å².